The molecule has 2 rings (SSSR count). The van der Waals surface area contributed by atoms with Crippen molar-refractivity contribution in [2.75, 3.05) is 0 Å². The lowest BCUT2D eigenvalue weighted by molar-refractivity contribution is 0.0666. The van der Waals surface area contributed by atoms with Gasteiger partial charge in [-0.3, -0.25) is 4.84 Å². The van der Waals surface area contributed by atoms with Crippen molar-refractivity contribution < 1.29 is 4.84 Å². The molecule has 0 radical (unpaired) electrons. The van der Waals surface area contributed by atoms with Gasteiger partial charge in [-0.15, -0.1) is 0 Å². The number of hydrogen-bond donors (Lipinski definition) is 1. The fourth-order valence-electron chi connectivity index (χ4n) is 3.15. The SMILES string of the molecule is CCC1(C)CC(C)C(C)(C)C12NO2. The molecule has 76 valence electrons. The Hall–Kier alpha value is -0.0800. The minimum absolute atomic E-state index is 0.0336. The average Bonchev–Trinajstić information content (AvgIpc) is 2.81. The Morgan fingerprint density at radius 3 is 2.23 bits per heavy atom. The quantitative estimate of drug-likeness (QED) is 0.634. The molecule has 0 aromatic rings. The van der Waals surface area contributed by atoms with Gasteiger partial charge in [0.1, 0.15) is 0 Å². The third-order valence-electron chi connectivity index (χ3n) is 4.83. The van der Waals surface area contributed by atoms with Gasteiger partial charge in [0.05, 0.1) is 0 Å². The van der Waals surface area contributed by atoms with Crippen LogP contribution in [-0.4, -0.2) is 5.72 Å². The molecule has 3 atom stereocenters. The van der Waals surface area contributed by atoms with Gasteiger partial charge in [-0.25, -0.2) is 0 Å². The van der Waals surface area contributed by atoms with Crippen LogP contribution in [0.25, 0.3) is 0 Å². The molecule has 0 aromatic carbocycles. The van der Waals surface area contributed by atoms with Gasteiger partial charge in [-0.1, -0.05) is 34.6 Å². The van der Waals surface area contributed by atoms with E-state index in [0.717, 1.165) is 5.92 Å². The molecule has 0 aromatic heterocycles. The van der Waals surface area contributed by atoms with Crippen molar-refractivity contribution in [1.29, 1.82) is 0 Å². The summed E-state index contributed by atoms with van der Waals surface area (Å²) in [6, 6.07) is 0. The van der Waals surface area contributed by atoms with Crippen molar-refractivity contribution in [2.24, 2.45) is 16.7 Å². The first-order chi connectivity index (χ1) is 5.90. The monoisotopic (exact) mass is 183 g/mol. The van der Waals surface area contributed by atoms with Crippen molar-refractivity contribution in [1.82, 2.24) is 5.48 Å². The van der Waals surface area contributed by atoms with E-state index in [9.17, 15) is 0 Å². The maximum Gasteiger partial charge on any atom is 0.172 e. The van der Waals surface area contributed by atoms with Gasteiger partial charge >= 0.3 is 0 Å². The van der Waals surface area contributed by atoms with E-state index in [1.165, 1.54) is 12.8 Å². The largest absolute Gasteiger partial charge is 0.273 e. The number of hydrogen-bond acceptors (Lipinski definition) is 2. The molecule has 1 heterocycles. The highest BCUT2D eigenvalue weighted by Gasteiger charge is 2.73. The second kappa shape index (κ2) is 2.29. The topological polar surface area (TPSA) is 34.5 Å². The molecule has 0 bridgehead atoms. The van der Waals surface area contributed by atoms with Gasteiger partial charge in [-0.2, -0.15) is 5.48 Å². The van der Waals surface area contributed by atoms with Crippen molar-refractivity contribution in [2.45, 2.75) is 53.2 Å². The first-order valence-electron chi connectivity index (χ1n) is 5.35. The van der Waals surface area contributed by atoms with E-state index < -0.39 is 0 Å². The van der Waals surface area contributed by atoms with E-state index >= 15 is 0 Å². The number of nitrogens with one attached hydrogen (secondary N) is 1. The van der Waals surface area contributed by atoms with Crippen LogP contribution in [-0.2, 0) is 4.84 Å². The van der Waals surface area contributed by atoms with Crippen LogP contribution in [0.4, 0.5) is 0 Å². The zero-order valence-corrected chi connectivity index (χ0v) is 9.40. The molecule has 2 nitrogen and oxygen atoms in total. The lowest BCUT2D eigenvalue weighted by atomic mass is 9.73. The van der Waals surface area contributed by atoms with Crippen LogP contribution in [0.1, 0.15) is 47.5 Å². The normalized spacial score (nSPS) is 52.8. The average molecular weight is 183 g/mol. The van der Waals surface area contributed by atoms with Gasteiger partial charge in [0.25, 0.3) is 0 Å². The molecule has 1 aliphatic carbocycles. The molecular weight excluding hydrogens is 162 g/mol. The molecule has 2 fully saturated rings. The van der Waals surface area contributed by atoms with Crippen LogP contribution in [0.15, 0.2) is 0 Å². The summed E-state index contributed by atoms with van der Waals surface area (Å²) in [6.07, 6.45) is 2.46. The first kappa shape index (κ1) is 9.47. The van der Waals surface area contributed by atoms with Crippen LogP contribution in [0.3, 0.4) is 0 Å². The number of rotatable bonds is 1. The van der Waals surface area contributed by atoms with E-state index in [1.54, 1.807) is 0 Å². The molecule has 1 aliphatic heterocycles. The number of hydroxylamine groups is 1. The fraction of sp³-hybridized carbons (Fsp3) is 1.00. The van der Waals surface area contributed by atoms with Gasteiger partial charge in [-0.05, 0) is 18.8 Å². The molecule has 1 saturated heterocycles. The van der Waals surface area contributed by atoms with E-state index in [4.69, 9.17) is 4.84 Å². The van der Waals surface area contributed by atoms with Crippen LogP contribution in [0, 0.1) is 16.7 Å². The van der Waals surface area contributed by atoms with Crippen molar-refractivity contribution >= 4 is 0 Å². The Bertz CT molecular complexity index is 232. The summed E-state index contributed by atoms with van der Waals surface area (Å²) in [5.74, 6) is 0.729. The Morgan fingerprint density at radius 2 is 1.92 bits per heavy atom. The third kappa shape index (κ3) is 0.861. The summed E-state index contributed by atoms with van der Waals surface area (Å²) in [7, 11) is 0. The van der Waals surface area contributed by atoms with Gasteiger partial charge < -0.3 is 0 Å². The zero-order valence-electron chi connectivity index (χ0n) is 9.40. The smallest absolute Gasteiger partial charge is 0.172 e. The van der Waals surface area contributed by atoms with Crippen molar-refractivity contribution in [3.63, 3.8) is 0 Å². The summed E-state index contributed by atoms with van der Waals surface area (Å²) in [4.78, 5) is 5.60. The molecule has 1 saturated carbocycles. The standard InChI is InChI=1S/C11H21NO/c1-6-10(5)7-8(2)9(3,4)11(10)12-13-11/h8,12H,6-7H2,1-5H3. The summed E-state index contributed by atoms with van der Waals surface area (Å²) in [6.45, 7) is 11.6. The van der Waals surface area contributed by atoms with Gasteiger partial charge in [0.15, 0.2) is 5.72 Å². The summed E-state index contributed by atoms with van der Waals surface area (Å²) in [5.41, 5.74) is 3.72. The van der Waals surface area contributed by atoms with Gasteiger partial charge in [0.2, 0.25) is 0 Å². The summed E-state index contributed by atoms with van der Waals surface area (Å²) >= 11 is 0. The predicted octanol–water partition coefficient (Wildman–Crippen LogP) is 2.70. The van der Waals surface area contributed by atoms with E-state index in [0.29, 0.717) is 5.41 Å². The minimum Gasteiger partial charge on any atom is -0.273 e. The molecule has 13 heavy (non-hydrogen) atoms. The fourth-order valence-corrected chi connectivity index (χ4v) is 3.15. The highest BCUT2D eigenvalue weighted by atomic mass is 16.8. The molecule has 1 N–H and O–H groups in total. The summed E-state index contributed by atoms with van der Waals surface area (Å²) < 4.78 is 0. The maximum absolute atomic E-state index is 5.60. The van der Waals surface area contributed by atoms with Crippen molar-refractivity contribution in [3.05, 3.63) is 0 Å². The lowest BCUT2D eigenvalue weighted by Gasteiger charge is -2.33. The Morgan fingerprint density at radius 1 is 1.38 bits per heavy atom. The minimum atomic E-state index is -0.0336. The molecule has 3 unspecified atom stereocenters. The van der Waals surface area contributed by atoms with E-state index in [-0.39, 0.29) is 11.1 Å². The maximum atomic E-state index is 5.60. The second-order valence-corrected chi connectivity index (χ2v) is 5.63. The molecular formula is C11H21NO. The zero-order chi connectivity index (χ0) is 9.91. The lowest BCUT2D eigenvalue weighted by Crippen LogP contribution is -2.42. The highest BCUT2D eigenvalue weighted by molar-refractivity contribution is 5.15. The first-order valence-corrected chi connectivity index (χ1v) is 5.35. The molecule has 0 amide bonds. The third-order valence-corrected chi connectivity index (χ3v) is 4.83. The van der Waals surface area contributed by atoms with Crippen LogP contribution in [0.5, 0.6) is 0 Å². The Labute approximate surface area is 81.0 Å². The Balaban J connectivity index is 2.38. The van der Waals surface area contributed by atoms with E-state index in [2.05, 4.69) is 40.1 Å². The van der Waals surface area contributed by atoms with Crippen LogP contribution in [0.2, 0.25) is 0 Å². The molecule has 1 spiro atoms. The molecule has 2 aliphatic rings. The second-order valence-electron chi connectivity index (χ2n) is 5.63. The van der Waals surface area contributed by atoms with Crippen LogP contribution >= 0.6 is 0 Å². The highest BCUT2D eigenvalue weighted by Crippen LogP contribution is 2.65. The summed E-state index contributed by atoms with van der Waals surface area (Å²) in [5, 5.41) is 0. The molecule has 2 heteroatoms. The predicted molar refractivity (Wildman–Crippen MR) is 52.9 cm³/mol. The van der Waals surface area contributed by atoms with E-state index in [1.807, 2.05) is 0 Å². The van der Waals surface area contributed by atoms with Crippen molar-refractivity contribution in [3.8, 4) is 0 Å². The Kier molecular flexibility index (Phi) is 1.67. The van der Waals surface area contributed by atoms with Crippen LogP contribution < -0.4 is 5.48 Å². The van der Waals surface area contributed by atoms with Gasteiger partial charge in [0, 0.05) is 10.8 Å².